The molecule has 0 aliphatic rings. The largest absolute Gasteiger partial charge is 0.504 e. The zero-order chi connectivity index (χ0) is 20.4. The Bertz CT molecular complexity index is 817. The summed E-state index contributed by atoms with van der Waals surface area (Å²) in [6, 6.07) is 6.09. The van der Waals surface area contributed by atoms with Gasteiger partial charge in [-0.15, -0.1) is 0 Å². The lowest BCUT2D eigenvalue weighted by atomic mass is 9.95. The monoisotopic (exact) mass is 374 g/mol. The SMILES string of the molecule is CCCC(=O)C=COC.Cc1c(C(=O)O)ccc(-c2ccco2)c1C(=O)O. The lowest BCUT2D eigenvalue weighted by molar-refractivity contribution is -0.114. The van der Waals surface area contributed by atoms with Gasteiger partial charge in [-0.05, 0) is 43.2 Å². The van der Waals surface area contributed by atoms with Crippen molar-refractivity contribution in [1.29, 1.82) is 0 Å². The van der Waals surface area contributed by atoms with E-state index >= 15 is 0 Å². The van der Waals surface area contributed by atoms with Crippen molar-refractivity contribution in [2.45, 2.75) is 26.7 Å². The Morgan fingerprint density at radius 3 is 2.33 bits per heavy atom. The first-order valence-corrected chi connectivity index (χ1v) is 8.19. The highest BCUT2D eigenvalue weighted by Gasteiger charge is 2.21. The molecule has 0 saturated heterocycles. The molecule has 0 aliphatic carbocycles. The van der Waals surface area contributed by atoms with Crippen molar-refractivity contribution < 1.29 is 33.8 Å². The molecule has 0 bridgehead atoms. The summed E-state index contributed by atoms with van der Waals surface area (Å²) in [6.45, 7) is 3.44. The molecule has 1 aromatic heterocycles. The minimum atomic E-state index is -1.18. The Morgan fingerprint density at radius 1 is 1.15 bits per heavy atom. The maximum atomic E-state index is 11.3. The first-order chi connectivity index (χ1) is 12.8. The fraction of sp³-hybridized carbons (Fsp3) is 0.250. The molecule has 0 radical (unpaired) electrons. The fourth-order valence-electron chi connectivity index (χ4n) is 2.33. The summed E-state index contributed by atoms with van der Waals surface area (Å²) in [5.74, 6) is -1.81. The number of methoxy groups -OCH3 is 1. The number of rotatable bonds is 7. The van der Waals surface area contributed by atoms with Crippen molar-refractivity contribution in [1.82, 2.24) is 0 Å². The molecule has 144 valence electrons. The Kier molecular flexibility index (Phi) is 8.51. The summed E-state index contributed by atoms with van der Waals surface area (Å²) in [6.07, 6.45) is 5.79. The number of carbonyl (C=O) groups excluding carboxylic acids is 1. The second-order valence-corrected chi connectivity index (χ2v) is 5.50. The van der Waals surface area contributed by atoms with Crippen LogP contribution in [0.5, 0.6) is 0 Å². The van der Waals surface area contributed by atoms with Gasteiger partial charge in [-0.25, -0.2) is 9.59 Å². The summed E-state index contributed by atoms with van der Waals surface area (Å²) in [5.41, 5.74) is 0.506. The van der Waals surface area contributed by atoms with Gasteiger partial charge in [0, 0.05) is 18.1 Å². The van der Waals surface area contributed by atoms with Gasteiger partial charge in [0.15, 0.2) is 5.78 Å². The third kappa shape index (κ3) is 6.14. The van der Waals surface area contributed by atoms with Crippen molar-refractivity contribution >= 4 is 17.7 Å². The molecule has 0 aliphatic heterocycles. The molecule has 0 spiro atoms. The first-order valence-electron chi connectivity index (χ1n) is 8.19. The number of hydrogen-bond donors (Lipinski definition) is 2. The molecule has 0 unspecified atom stereocenters. The Morgan fingerprint density at radius 2 is 1.85 bits per heavy atom. The van der Waals surface area contributed by atoms with E-state index in [2.05, 4.69) is 4.74 Å². The van der Waals surface area contributed by atoms with Crippen LogP contribution in [-0.4, -0.2) is 35.0 Å². The van der Waals surface area contributed by atoms with Crippen LogP contribution in [0, 0.1) is 6.92 Å². The van der Waals surface area contributed by atoms with Crippen LogP contribution >= 0.6 is 0 Å². The molecule has 2 aromatic rings. The van der Waals surface area contributed by atoms with Crippen molar-refractivity contribution in [2.24, 2.45) is 0 Å². The molecule has 1 aromatic carbocycles. The molecule has 0 atom stereocenters. The van der Waals surface area contributed by atoms with E-state index in [0.717, 1.165) is 6.42 Å². The topological polar surface area (TPSA) is 114 Å². The van der Waals surface area contributed by atoms with Crippen LogP contribution in [0.25, 0.3) is 11.3 Å². The second kappa shape index (κ2) is 10.6. The zero-order valence-electron chi connectivity index (χ0n) is 15.4. The highest BCUT2D eigenvalue weighted by molar-refractivity contribution is 6.01. The maximum absolute atomic E-state index is 11.3. The molecule has 7 nitrogen and oxygen atoms in total. The number of ketones is 1. The standard InChI is InChI=1S/C13H10O5.C7H12O2/c1-7-8(12(14)15)4-5-9(11(7)13(16)17)10-3-2-6-18-10;1-3-4-7(8)5-6-9-2/h2-6H,1H3,(H,14,15)(H,16,17);5-6H,3-4H2,1-2H3. The normalized spacial score (nSPS) is 10.2. The first kappa shape index (κ1) is 21.7. The lowest BCUT2D eigenvalue weighted by Crippen LogP contribution is -2.08. The van der Waals surface area contributed by atoms with Gasteiger partial charge >= 0.3 is 11.9 Å². The second-order valence-electron chi connectivity index (χ2n) is 5.50. The average molecular weight is 374 g/mol. The molecule has 2 rings (SSSR count). The zero-order valence-corrected chi connectivity index (χ0v) is 15.4. The molecule has 7 heteroatoms. The molecule has 0 saturated carbocycles. The molecule has 0 fully saturated rings. The summed E-state index contributed by atoms with van der Waals surface area (Å²) in [4.78, 5) is 32.9. The van der Waals surface area contributed by atoms with E-state index in [0.29, 0.717) is 17.7 Å². The quantitative estimate of drug-likeness (QED) is 0.552. The number of ether oxygens (including phenoxy) is 1. The summed E-state index contributed by atoms with van der Waals surface area (Å²) < 4.78 is 9.71. The summed E-state index contributed by atoms with van der Waals surface area (Å²) in [7, 11) is 1.52. The fourth-order valence-corrected chi connectivity index (χ4v) is 2.33. The summed E-state index contributed by atoms with van der Waals surface area (Å²) >= 11 is 0. The third-order valence-corrected chi connectivity index (χ3v) is 3.58. The Balaban J connectivity index is 0.000000345. The van der Waals surface area contributed by atoms with Crippen LogP contribution < -0.4 is 0 Å². The van der Waals surface area contributed by atoms with Gasteiger partial charge in [0.05, 0.1) is 30.8 Å². The molecular formula is C20H22O7. The minimum absolute atomic E-state index is 0.0253. The molecular weight excluding hydrogens is 352 g/mol. The number of benzene rings is 1. The number of furan rings is 1. The molecule has 0 amide bonds. The Labute approximate surface area is 156 Å². The molecule has 2 N–H and O–H groups in total. The van der Waals surface area contributed by atoms with Crippen molar-refractivity contribution in [3.8, 4) is 11.3 Å². The van der Waals surface area contributed by atoms with Gasteiger partial charge in [0.2, 0.25) is 0 Å². The van der Waals surface area contributed by atoms with Crippen LogP contribution in [0.1, 0.15) is 46.0 Å². The van der Waals surface area contributed by atoms with E-state index in [1.807, 2.05) is 6.92 Å². The molecule has 1 heterocycles. The highest BCUT2D eigenvalue weighted by Crippen LogP contribution is 2.28. The van der Waals surface area contributed by atoms with Crippen molar-refractivity contribution in [3.63, 3.8) is 0 Å². The average Bonchev–Trinajstić information content (AvgIpc) is 3.14. The number of hydrogen-bond acceptors (Lipinski definition) is 5. The van der Waals surface area contributed by atoms with Crippen LogP contribution in [0.15, 0.2) is 47.3 Å². The van der Waals surface area contributed by atoms with E-state index in [4.69, 9.17) is 9.52 Å². The summed E-state index contributed by atoms with van der Waals surface area (Å²) in [5, 5.41) is 18.2. The maximum Gasteiger partial charge on any atom is 0.336 e. The van der Waals surface area contributed by atoms with Crippen LogP contribution in [0.2, 0.25) is 0 Å². The lowest BCUT2D eigenvalue weighted by Gasteiger charge is -2.09. The van der Waals surface area contributed by atoms with Crippen molar-refractivity contribution in [2.75, 3.05) is 7.11 Å². The van der Waals surface area contributed by atoms with Crippen LogP contribution in [0.3, 0.4) is 0 Å². The van der Waals surface area contributed by atoms with E-state index in [9.17, 15) is 19.5 Å². The van der Waals surface area contributed by atoms with Gasteiger partial charge in [-0.3, -0.25) is 4.79 Å². The Hall–Kier alpha value is -3.35. The smallest absolute Gasteiger partial charge is 0.336 e. The van der Waals surface area contributed by atoms with Gasteiger partial charge in [0.25, 0.3) is 0 Å². The predicted octanol–water partition coefficient (Wildman–Crippen LogP) is 4.17. The van der Waals surface area contributed by atoms with E-state index in [1.54, 1.807) is 12.1 Å². The van der Waals surface area contributed by atoms with Gasteiger partial charge in [0.1, 0.15) is 5.76 Å². The highest BCUT2D eigenvalue weighted by atomic mass is 16.5. The number of aromatic carboxylic acids is 2. The van der Waals surface area contributed by atoms with E-state index in [-0.39, 0.29) is 22.5 Å². The van der Waals surface area contributed by atoms with E-state index in [1.165, 1.54) is 44.8 Å². The third-order valence-electron chi connectivity index (χ3n) is 3.58. The van der Waals surface area contributed by atoms with Gasteiger partial charge in [-0.1, -0.05) is 6.92 Å². The number of allylic oxidation sites excluding steroid dienone is 1. The number of carbonyl (C=O) groups is 3. The minimum Gasteiger partial charge on any atom is -0.504 e. The molecule has 27 heavy (non-hydrogen) atoms. The number of carboxylic acids is 2. The van der Waals surface area contributed by atoms with Crippen molar-refractivity contribution in [3.05, 3.63) is 59.6 Å². The predicted molar refractivity (Wildman–Crippen MR) is 98.9 cm³/mol. The van der Waals surface area contributed by atoms with Gasteiger partial charge < -0.3 is 19.4 Å². The van der Waals surface area contributed by atoms with Crippen LogP contribution in [-0.2, 0) is 9.53 Å². The van der Waals surface area contributed by atoms with Crippen LogP contribution in [0.4, 0.5) is 0 Å². The van der Waals surface area contributed by atoms with E-state index < -0.39 is 11.9 Å². The van der Waals surface area contributed by atoms with Gasteiger partial charge in [-0.2, -0.15) is 0 Å². The number of carboxylic acid groups (broad SMARTS) is 2.